The molecule has 0 radical (unpaired) electrons. The molecule has 0 saturated heterocycles. The number of ether oxygens (including phenoxy) is 1. The zero-order valence-electron chi connectivity index (χ0n) is 13.6. The molecule has 0 aliphatic heterocycles. The Labute approximate surface area is 126 Å². The molecular weight excluding hydrogens is 280 g/mol. The van der Waals surface area contributed by atoms with Crippen LogP contribution in [0.4, 0.5) is 13.6 Å². The molecule has 1 atom stereocenters. The van der Waals surface area contributed by atoms with E-state index in [4.69, 9.17) is 10.5 Å². The molecule has 0 bridgehead atoms. The molecule has 0 aromatic carbocycles. The molecule has 0 saturated carbocycles. The third-order valence-corrected chi connectivity index (χ3v) is 2.93. The summed E-state index contributed by atoms with van der Waals surface area (Å²) in [6.07, 6.45) is -0.843. The van der Waals surface area contributed by atoms with Crippen LogP contribution in [0.25, 0.3) is 0 Å². The molecule has 0 aromatic heterocycles. The largest absolute Gasteiger partial charge is 0.444 e. The fourth-order valence-corrected chi connectivity index (χ4v) is 1.61. The van der Waals surface area contributed by atoms with Gasteiger partial charge in [-0.1, -0.05) is 13.8 Å². The van der Waals surface area contributed by atoms with Gasteiger partial charge in [0.2, 0.25) is 0 Å². The molecule has 0 fully saturated rings. The summed E-state index contributed by atoms with van der Waals surface area (Å²) in [6.45, 7) is 8.63. The first kappa shape index (κ1) is 20.1. The number of halogens is 2. The van der Waals surface area contributed by atoms with Gasteiger partial charge in [-0.2, -0.15) is 0 Å². The van der Waals surface area contributed by atoms with Crippen molar-refractivity contribution < 1.29 is 18.3 Å². The van der Waals surface area contributed by atoms with Crippen molar-refractivity contribution in [3.8, 4) is 0 Å². The maximum Gasteiger partial charge on any atom is 0.407 e. The minimum absolute atomic E-state index is 0.152. The SMILES string of the molecule is CC(C)C(CN)CNCC(F)(F)CNC(=O)OC(C)(C)C. The minimum atomic E-state index is -3.03. The number of alkyl carbamates (subject to hydrolysis) is 1. The van der Waals surface area contributed by atoms with Crippen molar-refractivity contribution in [3.05, 3.63) is 0 Å². The molecule has 5 nitrogen and oxygen atoms in total. The van der Waals surface area contributed by atoms with Gasteiger partial charge in [0, 0.05) is 0 Å². The predicted molar refractivity (Wildman–Crippen MR) is 79.4 cm³/mol. The van der Waals surface area contributed by atoms with Crippen LogP contribution in [-0.2, 0) is 4.74 Å². The number of hydrogen-bond donors (Lipinski definition) is 3. The van der Waals surface area contributed by atoms with Gasteiger partial charge in [0.15, 0.2) is 0 Å². The fourth-order valence-electron chi connectivity index (χ4n) is 1.61. The highest BCUT2D eigenvalue weighted by atomic mass is 19.3. The van der Waals surface area contributed by atoms with Crippen molar-refractivity contribution in [1.29, 1.82) is 0 Å². The normalized spacial score (nSPS) is 14.1. The van der Waals surface area contributed by atoms with E-state index in [1.165, 1.54) is 0 Å². The smallest absolute Gasteiger partial charge is 0.407 e. The first-order valence-corrected chi connectivity index (χ1v) is 7.22. The predicted octanol–water partition coefficient (Wildman–Crippen LogP) is 1.97. The summed E-state index contributed by atoms with van der Waals surface area (Å²) in [5.41, 5.74) is 4.87. The molecule has 0 spiro atoms. The van der Waals surface area contributed by atoms with Crippen molar-refractivity contribution in [2.45, 2.75) is 46.1 Å². The van der Waals surface area contributed by atoms with Crippen molar-refractivity contribution in [1.82, 2.24) is 10.6 Å². The zero-order chi connectivity index (χ0) is 16.7. The standard InChI is InChI=1S/C14H29F2N3O2/c1-10(2)11(6-17)7-18-8-14(15,16)9-19-12(20)21-13(3,4)5/h10-11,18H,6-9,17H2,1-5H3,(H,19,20). The number of nitrogens with two attached hydrogens (primary N) is 1. The third kappa shape index (κ3) is 10.4. The third-order valence-electron chi connectivity index (χ3n) is 2.93. The summed E-state index contributed by atoms with van der Waals surface area (Å²) >= 11 is 0. The second-order valence-corrected chi connectivity index (χ2v) is 6.58. The van der Waals surface area contributed by atoms with Crippen LogP contribution in [0.2, 0.25) is 0 Å². The number of carbonyl (C=O) groups excluding carboxylic acids is 1. The number of nitrogens with one attached hydrogen (secondary N) is 2. The van der Waals surface area contributed by atoms with Crippen LogP contribution in [0.5, 0.6) is 0 Å². The van der Waals surface area contributed by atoms with Crippen LogP contribution in [0.1, 0.15) is 34.6 Å². The molecule has 0 heterocycles. The Bertz CT molecular complexity index is 318. The number of rotatable bonds is 8. The van der Waals surface area contributed by atoms with Crippen LogP contribution in [0.3, 0.4) is 0 Å². The number of hydrogen-bond acceptors (Lipinski definition) is 4. The van der Waals surface area contributed by atoms with Gasteiger partial charge in [-0.3, -0.25) is 0 Å². The van der Waals surface area contributed by atoms with Gasteiger partial charge in [0.1, 0.15) is 5.60 Å². The van der Waals surface area contributed by atoms with Crippen molar-refractivity contribution in [2.75, 3.05) is 26.2 Å². The van der Waals surface area contributed by atoms with Crippen LogP contribution >= 0.6 is 0 Å². The molecule has 0 aromatic rings. The first-order valence-electron chi connectivity index (χ1n) is 7.22. The summed E-state index contributed by atoms with van der Waals surface area (Å²) in [4.78, 5) is 11.3. The number of amides is 1. The summed E-state index contributed by atoms with van der Waals surface area (Å²) < 4.78 is 32.1. The quantitative estimate of drug-likeness (QED) is 0.641. The van der Waals surface area contributed by atoms with Gasteiger partial charge in [-0.05, 0) is 45.7 Å². The van der Waals surface area contributed by atoms with E-state index in [0.717, 1.165) is 0 Å². The van der Waals surface area contributed by atoms with Gasteiger partial charge < -0.3 is 21.1 Å². The molecular formula is C14H29F2N3O2. The van der Waals surface area contributed by atoms with E-state index in [2.05, 4.69) is 10.6 Å². The average molecular weight is 309 g/mol. The molecule has 126 valence electrons. The average Bonchev–Trinajstić information content (AvgIpc) is 2.30. The van der Waals surface area contributed by atoms with Gasteiger partial charge in [-0.25, -0.2) is 13.6 Å². The van der Waals surface area contributed by atoms with E-state index in [0.29, 0.717) is 19.0 Å². The van der Waals surface area contributed by atoms with Crippen LogP contribution in [0, 0.1) is 11.8 Å². The van der Waals surface area contributed by atoms with E-state index in [9.17, 15) is 13.6 Å². The van der Waals surface area contributed by atoms with E-state index >= 15 is 0 Å². The van der Waals surface area contributed by atoms with Gasteiger partial charge in [0.05, 0.1) is 13.1 Å². The Hall–Kier alpha value is -0.950. The molecule has 7 heteroatoms. The van der Waals surface area contributed by atoms with Crippen molar-refractivity contribution >= 4 is 6.09 Å². The van der Waals surface area contributed by atoms with Crippen LogP contribution in [-0.4, -0.2) is 43.8 Å². The Balaban J connectivity index is 4.06. The van der Waals surface area contributed by atoms with E-state index < -0.39 is 30.7 Å². The molecule has 0 aliphatic rings. The Morgan fingerprint density at radius 2 is 1.81 bits per heavy atom. The lowest BCUT2D eigenvalue weighted by atomic mass is 9.96. The summed E-state index contributed by atoms with van der Waals surface area (Å²) in [5.74, 6) is -2.55. The second-order valence-electron chi connectivity index (χ2n) is 6.58. The topological polar surface area (TPSA) is 76.4 Å². The maximum absolute atomic E-state index is 13.6. The lowest BCUT2D eigenvalue weighted by Gasteiger charge is -2.23. The molecule has 4 N–H and O–H groups in total. The zero-order valence-corrected chi connectivity index (χ0v) is 13.6. The van der Waals surface area contributed by atoms with Gasteiger partial charge in [-0.15, -0.1) is 0 Å². The lowest BCUT2D eigenvalue weighted by molar-refractivity contribution is -0.00431. The number of alkyl halides is 2. The monoisotopic (exact) mass is 309 g/mol. The van der Waals surface area contributed by atoms with E-state index in [1.807, 2.05) is 13.8 Å². The Morgan fingerprint density at radius 3 is 2.24 bits per heavy atom. The molecule has 1 amide bonds. The van der Waals surface area contributed by atoms with Gasteiger partial charge >= 0.3 is 6.09 Å². The fraction of sp³-hybridized carbons (Fsp3) is 0.929. The number of carbonyl (C=O) groups is 1. The Morgan fingerprint density at radius 1 is 1.24 bits per heavy atom. The van der Waals surface area contributed by atoms with E-state index in [1.54, 1.807) is 20.8 Å². The highest BCUT2D eigenvalue weighted by Crippen LogP contribution is 2.13. The lowest BCUT2D eigenvalue weighted by Crippen LogP contribution is -2.46. The van der Waals surface area contributed by atoms with Crippen molar-refractivity contribution in [2.24, 2.45) is 17.6 Å². The summed E-state index contributed by atoms with van der Waals surface area (Å²) in [7, 11) is 0. The first-order chi connectivity index (χ1) is 9.47. The molecule has 21 heavy (non-hydrogen) atoms. The van der Waals surface area contributed by atoms with Gasteiger partial charge in [0.25, 0.3) is 5.92 Å². The summed E-state index contributed by atoms with van der Waals surface area (Å²) in [5, 5.41) is 4.79. The Kier molecular flexibility index (Phi) is 8.10. The second kappa shape index (κ2) is 8.48. The molecule has 0 aliphatic carbocycles. The summed E-state index contributed by atoms with van der Waals surface area (Å²) in [6, 6.07) is 0. The highest BCUT2D eigenvalue weighted by molar-refractivity contribution is 5.67. The minimum Gasteiger partial charge on any atom is -0.444 e. The highest BCUT2D eigenvalue weighted by Gasteiger charge is 2.30. The molecule has 1 unspecified atom stereocenters. The molecule has 0 rings (SSSR count). The van der Waals surface area contributed by atoms with Crippen LogP contribution < -0.4 is 16.4 Å². The van der Waals surface area contributed by atoms with Crippen LogP contribution in [0.15, 0.2) is 0 Å². The van der Waals surface area contributed by atoms with E-state index in [-0.39, 0.29) is 5.92 Å². The van der Waals surface area contributed by atoms with Crippen molar-refractivity contribution in [3.63, 3.8) is 0 Å². The maximum atomic E-state index is 13.6.